The second kappa shape index (κ2) is 6.08. The molecule has 0 radical (unpaired) electrons. The Labute approximate surface area is 131 Å². The zero-order chi connectivity index (χ0) is 15.7. The van der Waals surface area contributed by atoms with Crippen LogP contribution in [0.3, 0.4) is 0 Å². The summed E-state index contributed by atoms with van der Waals surface area (Å²) in [5.41, 5.74) is 8.44. The van der Waals surface area contributed by atoms with Gasteiger partial charge in [0.1, 0.15) is 0 Å². The first-order chi connectivity index (χ1) is 10.6. The number of likely N-dealkylation sites (tertiary alicyclic amines) is 1. The maximum atomic E-state index is 12.7. The number of nitrogens with two attached hydrogens (primary N) is 1. The molecule has 1 aromatic heterocycles. The summed E-state index contributed by atoms with van der Waals surface area (Å²) in [5.74, 6) is 0.528. The molecule has 3 rings (SSSR count). The van der Waals surface area contributed by atoms with Crippen molar-refractivity contribution in [1.82, 2.24) is 14.5 Å². The summed E-state index contributed by atoms with van der Waals surface area (Å²) >= 11 is 0. The van der Waals surface area contributed by atoms with Gasteiger partial charge < -0.3 is 15.2 Å². The van der Waals surface area contributed by atoms with Crippen LogP contribution in [0.1, 0.15) is 43.1 Å². The van der Waals surface area contributed by atoms with E-state index in [-0.39, 0.29) is 5.91 Å². The maximum Gasteiger partial charge on any atom is 0.253 e. The molecule has 0 spiro atoms. The number of aromatic nitrogens is 2. The SMILES string of the molecule is CC(C)n1cnc2cc(C(=O)N3CCC[C@H](CN)C3)ccc21. The van der Waals surface area contributed by atoms with Gasteiger partial charge in [0.15, 0.2) is 0 Å². The van der Waals surface area contributed by atoms with Crippen LogP contribution in [-0.2, 0) is 0 Å². The Morgan fingerprint density at radius 3 is 3.00 bits per heavy atom. The number of hydrogen-bond acceptors (Lipinski definition) is 3. The number of hydrogen-bond donors (Lipinski definition) is 1. The Kier molecular flexibility index (Phi) is 4.16. The van der Waals surface area contributed by atoms with E-state index in [4.69, 9.17) is 5.73 Å². The Balaban J connectivity index is 1.85. The van der Waals surface area contributed by atoms with Crippen LogP contribution in [0, 0.1) is 5.92 Å². The molecule has 1 saturated heterocycles. The van der Waals surface area contributed by atoms with Crippen molar-refractivity contribution in [3.63, 3.8) is 0 Å². The van der Waals surface area contributed by atoms with Crippen LogP contribution in [0.25, 0.3) is 11.0 Å². The molecule has 2 heterocycles. The summed E-state index contributed by atoms with van der Waals surface area (Å²) in [6.07, 6.45) is 4.00. The molecule has 118 valence electrons. The van der Waals surface area contributed by atoms with Crippen molar-refractivity contribution in [2.75, 3.05) is 19.6 Å². The molecule has 1 aliphatic heterocycles. The van der Waals surface area contributed by atoms with E-state index in [2.05, 4.69) is 23.4 Å². The summed E-state index contributed by atoms with van der Waals surface area (Å²) in [7, 11) is 0. The van der Waals surface area contributed by atoms with Crippen molar-refractivity contribution in [2.24, 2.45) is 11.7 Å². The third kappa shape index (κ3) is 2.73. The molecular formula is C17H24N4O. The number of carbonyl (C=O) groups excluding carboxylic acids is 1. The van der Waals surface area contributed by atoms with Crippen LogP contribution in [-0.4, -0.2) is 40.0 Å². The lowest BCUT2D eigenvalue weighted by molar-refractivity contribution is 0.0678. The number of piperidine rings is 1. The van der Waals surface area contributed by atoms with Crippen LogP contribution >= 0.6 is 0 Å². The fourth-order valence-corrected chi connectivity index (χ4v) is 3.20. The van der Waals surface area contributed by atoms with Gasteiger partial charge in [0.2, 0.25) is 0 Å². The van der Waals surface area contributed by atoms with Gasteiger partial charge in [-0.3, -0.25) is 4.79 Å². The van der Waals surface area contributed by atoms with Crippen LogP contribution in [0.5, 0.6) is 0 Å². The van der Waals surface area contributed by atoms with Crippen molar-refractivity contribution in [3.8, 4) is 0 Å². The van der Waals surface area contributed by atoms with E-state index in [0.29, 0.717) is 18.5 Å². The summed E-state index contributed by atoms with van der Waals surface area (Å²) in [4.78, 5) is 19.1. The Morgan fingerprint density at radius 1 is 1.45 bits per heavy atom. The molecule has 0 aliphatic carbocycles. The fourth-order valence-electron chi connectivity index (χ4n) is 3.20. The first-order valence-corrected chi connectivity index (χ1v) is 8.06. The highest BCUT2D eigenvalue weighted by Crippen LogP contribution is 2.22. The molecule has 5 nitrogen and oxygen atoms in total. The second-order valence-corrected chi connectivity index (χ2v) is 6.44. The molecule has 1 fully saturated rings. The standard InChI is InChI=1S/C17H24N4O/c1-12(2)21-11-19-15-8-14(5-6-16(15)21)17(22)20-7-3-4-13(9-18)10-20/h5-6,8,11-13H,3-4,7,9-10,18H2,1-2H3/t13-/m1/s1. The Bertz CT molecular complexity index is 676. The van der Waals surface area contributed by atoms with Gasteiger partial charge in [0.05, 0.1) is 17.4 Å². The summed E-state index contributed by atoms with van der Waals surface area (Å²) in [6.45, 7) is 6.50. The topological polar surface area (TPSA) is 64.2 Å². The van der Waals surface area contributed by atoms with Crippen LogP contribution in [0.4, 0.5) is 0 Å². The zero-order valence-corrected chi connectivity index (χ0v) is 13.3. The lowest BCUT2D eigenvalue weighted by Crippen LogP contribution is -2.42. The van der Waals surface area contributed by atoms with Gasteiger partial charge in [-0.25, -0.2) is 4.98 Å². The number of fused-ring (bicyclic) bond motifs is 1. The smallest absolute Gasteiger partial charge is 0.253 e. The molecule has 2 aromatic rings. The van der Waals surface area contributed by atoms with E-state index in [1.807, 2.05) is 29.4 Å². The lowest BCUT2D eigenvalue weighted by atomic mass is 9.97. The molecule has 1 amide bonds. The number of nitrogens with zero attached hydrogens (tertiary/aromatic N) is 3. The predicted molar refractivity (Wildman–Crippen MR) is 87.8 cm³/mol. The van der Waals surface area contributed by atoms with Gasteiger partial charge in [0, 0.05) is 24.7 Å². The van der Waals surface area contributed by atoms with Crippen LogP contribution in [0.15, 0.2) is 24.5 Å². The largest absolute Gasteiger partial charge is 0.338 e. The summed E-state index contributed by atoms with van der Waals surface area (Å²) in [6, 6.07) is 6.18. The molecule has 0 saturated carbocycles. The zero-order valence-electron chi connectivity index (χ0n) is 13.3. The van der Waals surface area contributed by atoms with E-state index in [9.17, 15) is 4.79 Å². The van der Waals surface area contributed by atoms with Crippen LogP contribution in [0.2, 0.25) is 0 Å². The highest BCUT2D eigenvalue weighted by Gasteiger charge is 2.24. The normalized spacial score (nSPS) is 19.1. The second-order valence-electron chi connectivity index (χ2n) is 6.44. The van der Waals surface area contributed by atoms with E-state index in [1.54, 1.807) is 0 Å². The number of imidazole rings is 1. The fraction of sp³-hybridized carbons (Fsp3) is 0.529. The van der Waals surface area contributed by atoms with Gasteiger partial charge >= 0.3 is 0 Å². The first-order valence-electron chi connectivity index (χ1n) is 8.06. The minimum absolute atomic E-state index is 0.0964. The van der Waals surface area contributed by atoms with E-state index in [1.165, 1.54) is 0 Å². The van der Waals surface area contributed by atoms with Crippen molar-refractivity contribution < 1.29 is 4.79 Å². The first kappa shape index (κ1) is 15.0. The molecule has 0 unspecified atom stereocenters. The molecule has 2 N–H and O–H groups in total. The van der Waals surface area contributed by atoms with E-state index in [0.717, 1.165) is 42.5 Å². The van der Waals surface area contributed by atoms with Gasteiger partial charge in [-0.15, -0.1) is 0 Å². The molecule has 1 aromatic carbocycles. The summed E-state index contributed by atoms with van der Waals surface area (Å²) in [5, 5.41) is 0. The maximum absolute atomic E-state index is 12.7. The lowest BCUT2D eigenvalue weighted by Gasteiger charge is -2.32. The van der Waals surface area contributed by atoms with Crippen molar-refractivity contribution in [2.45, 2.75) is 32.7 Å². The van der Waals surface area contributed by atoms with Gasteiger partial charge in [0.25, 0.3) is 5.91 Å². The molecule has 22 heavy (non-hydrogen) atoms. The Hall–Kier alpha value is -1.88. The highest BCUT2D eigenvalue weighted by molar-refractivity contribution is 5.97. The molecule has 1 atom stereocenters. The van der Waals surface area contributed by atoms with Gasteiger partial charge in [-0.2, -0.15) is 0 Å². The van der Waals surface area contributed by atoms with E-state index < -0.39 is 0 Å². The molecule has 5 heteroatoms. The van der Waals surface area contributed by atoms with Gasteiger partial charge in [-0.1, -0.05) is 0 Å². The van der Waals surface area contributed by atoms with E-state index >= 15 is 0 Å². The molecule has 0 bridgehead atoms. The predicted octanol–water partition coefficient (Wildman–Crippen LogP) is 2.43. The average Bonchev–Trinajstić information content (AvgIpc) is 2.97. The van der Waals surface area contributed by atoms with Crippen molar-refractivity contribution in [3.05, 3.63) is 30.1 Å². The summed E-state index contributed by atoms with van der Waals surface area (Å²) < 4.78 is 2.12. The van der Waals surface area contributed by atoms with Crippen LogP contribution < -0.4 is 5.73 Å². The minimum atomic E-state index is 0.0964. The van der Waals surface area contributed by atoms with Crippen molar-refractivity contribution >= 4 is 16.9 Å². The molecule has 1 aliphatic rings. The third-order valence-electron chi connectivity index (χ3n) is 4.52. The quantitative estimate of drug-likeness (QED) is 0.947. The monoisotopic (exact) mass is 300 g/mol. The average molecular weight is 300 g/mol. The number of amides is 1. The number of rotatable bonds is 3. The van der Waals surface area contributed by atoms with Gasteiger partial charge in [-0.05, 0) is 57.4 Å². The minimum Gasteiger partial charge on any atom is -0.338 e. The number of carbonyl (C=O) groups is 1. The third-order valence-corrected chi connectivity index (χ3v) is 4.52. The van der Waals surface area contributed by atoms with Crippen molar-refractivity contribution in [1.29, 1.82) is 0 Å². The molecular weight excluding hydrogens is 276 g/mol. The Morgan fingerprint density at radius 2 is 2.27 bits per heavy atom. The number of benzene rings is 1. The highest BCUT2D eigenvalue weighted by atomic mass is 16.2.